The highest BCUT2D eigenvalue weighted by Crippen LogP contribution is 2.36. The standard InChI is InChI=1S/C37H40N6O4.C31H32N6O2.C6H10O3/c1-24-9-11-27(12-10-24)43-34(22-32(42-43)37(2,3)4)41-36(45)39-30-13-14-31(29-8-6-5-7-28(29)30)47-23-25-15-18-38-33(21-25)40-35(44)26-16-19-46-20-17-26;1-20-9-11-22(12-10-20)37-29(18-27(36-37)31(2,3)4)35-30(38)34-25-13-14-26(24-8-6-5-7-23(24)25)39-19-21-15-16-33-28(32)17-21;7-6(8)5-1-3-9-4-2-5/h5-15,18,21-22,26H,16-17,19-20,23H2,1-4H3,(H,38,40,44)(H2,39,41,45);5-18H,19H2,1-4H3,(H2,32,33)(H2,34,35,38);5H,1-4H2,(H,7,8). The van der Waals surface area contributed by atoms with Gasteiger partial charge in [-0.25, -0.2) is 28.9 Å². The second-order valence-corrected chi connectivity index (χ2v) is 25.6. The summed E-state index contributed by atoms with van der Waals surface area (Å²) in [5.74, 6) is 2.54. The molecule has 0 bridgehead atoms. The number of hydrogen-bond acceptors (Lipinski definition) is 13. The SMILES string of the molecule is Cc1ccc(-n2nc(C(C)(C)C)cc2NC(=O)Nc2ccc(OCc3ccnc(N)c3)c3ccccc23)cc1.Cc1ccc(-n2nc(C(C)(C)C)cc2NC(=O)Nc2ccc(OCc3ccnc(NC(=O)C4CCOCC4)c3)c3ccccc23)cc1.O=C(O)C1CCOCC1. The molecule has 21 nitrogen and oxygen atoms in total. The Morgan fingerprint density at radius 2 is 0.937 bits per heavy atom. The first kappa shape index (κ1) is 67.3. The fourth-order valence-corrected chi connectivity index (χ4v) is 10.7. The molecule has 2 aliphatic rings. The molecular weight excluding hydrogens is 1200 g/mol. The number of urea groups is 2. The van der Waals surface area contributed by atoms with Crippen LogP contribution in [0.1, 0.15) is 101 Å². The van der Waals surface area contributed by atoms with E-state index in [1.165, 1.54) is 0 Å². The van der Waals surface area contributed by atoms with Crippen LogP contribution in [-0.4, -0.2) is 85.0 Å². The van der Waals surface area contributed by atoms with Gasteiger partial charge in [0.2, 0.25) is 5.91 Å². The fraction of sp³-hybridized carbons (Fsp3) is 0.297. The molecule has 2 fully saturated rings. The van der Waals surface area contributed by atoms with Crippen molar-refractivity contribution in [1.29, 1.82) is 0 Å². The smallest absolute Gasteiger partial charge is 0.324 e. The van der Waals surface area contributed by atoms with Gasteiger partial charge in [0.1, 0.15) is 48.0 Å². The van der Waals surface area contributed by atoms with Gasteiger partial charge in [-0.1, -0.05) is 125 Å². The summed E-state index contributed by atoms with van der Waals surface area (Å²) in [7, 11) is 0. The molecule has 2 saturated heterocycles. The van der Waals surface area contributed by atoms with Crippen molar-refractivity contribution in [2.24, 2.45) is 11.8 Å². The number of hydrogen-bond donors (Lipinski definition) is 7. The van der Waals surface area contributed by atoms with E-state index in [2.05, 4.69) is 78.1 Å². The van der Waals surface area contributed by atoms with Crippen LogP contribution in [0.4, 0.5) is 44.2 Å². The molecule has 0 spiro atoms. The molecule has 12 rings (SSSR count). The number of fused-ring (bicyclic) bond motifs is 2. The van der Waals surface area contributed by atoms with E-state index in [0.29, 0.717) is 105 Å². The van der Waals surface area contributed by atoms with Gasteiger partial charge in [-0.3, -0.25) is 20.2 Å². The summed E-state index contributed by atoms with van der Waals surface area (Å²) < 4.78 is 26.2. The Kier molecular flexibility index (Phi) is 21.5. The Morgan fingerprint density at radius 3 is 1.36 bits per heavy atom. The number of amides is 5. The van der Waals surface area contributed by atoms with Crippen molar-refractivity contribution < 1.29 is 43.2 Å². The number of benzene rings is 6. The number of ether oxygens (including phenoxy) is 4. The highest BCUT2D eigenvalue weighted by Gasteiger charge is 2.26. The second-order valence-electron chi connectivity index (χ2n) is 25.6. The number of nitrogens with zero attached hydrogens (tertiary/aromatic N) is 6. The van der Waals surface area contributed by atoms with Crippen molar-refractivity contribution in [1.82, 2.24) is 29.5 Å². The van der Waals surface area contributed by atoms with Gasteiger partial charge in [0.05, 0.1) is 40.1 Å². The summed E-state index contributed by atoms with van der Waals surface area (Å²) in [6.07, 6.45) is 6.10. The van der Waals surface area contributed by atoms with Crippen LogP contribution in [-0.2, 0) is 43.1 Å². The number of carboxylic acid groups (broad SMARTS) is 1. The first-order chi connectivity index (χ1) is 45.6. The van der Waals surface area contributed by atoms with Crippen LogP contribution in [0.15, 0.2) is 170 Å². The van der Waals surface area contributed by atoms with E-state index >= 15 is 0 Å². The fourth-order valence-electron chi connectivity index (χ4n) is 10.7. The lowest BCUT2D eigenvalue weighted by Gasteiger charge is -2.21. The largest absolute Gasteiger partial charge is 0.488 e. The van der Waals surface area contributed by atoms with Gasteiger partial charge in [-0.05, 0) is 123 Å². The average Bonchev–Trinajstić information content (AvgIpc) is 1.80. The molecule has 8 N–H and O–H groups in total. The third-order valence-electron chi connectivity index (χ3n) is 16.1. The normalized spacial score (nSPS) is 13.5. The van der Waals surface area contributed by atoms with Crippen LogP contribution in [0.3, 0.4) is 0 Å². The highest BCUT2D eigenvalue weighted by atomic mass is 16.5. The average molecular weight is 1280 g/mol. The number of carboxylic acids is 1. The molecule has 6 heterocycles. The second kappa shape index (κ2) is 30.4. The number of carbonyl (C=O) groups is 4. The van der Waals surface area contributed by atoms with Crippen molar-refractivity contribution in [3.63, 3.8) is 0 Å². The summed E-state index contributed by atoms with van der Waals surface area (Å²) >= 11 is 0. The van der Waals surface area contributed by atoms with E-state index in [9.17, 15) is 19.2 Å². The van der Waals surface area contributed by atoms with Gasteiger partial charge in [0.15, 0.2) is 0 Å². The quantitative estimate of drug-likeness (QED) is 0.0503. The zero-order valence-electron chi connectivity index (χ0n) is 54.9. The Bertz CT molecular complexity index is 4310. The van der Waals surface area contributed by atoms with Gasteiger partial charge in [0.25, 0.3) is 0 Å². The Labute approximate surface area is 552 Å². The van der Waals surface area contributed by atoms with Gasteiger partial charge in [0, 0.05) is 89.2 Å². The van der Waals surface area contributed by atoms with Crippen molar-refractivity contribution in [3.8, 4) is 22.9 Å². The van der Waals surface area contributed by atoms with Crippen LogP contribution in [0.2, 0.25) is 0 Å². The van der Waals surface area contributed by atoms with Crippen LogP contribution in [0.5, 0.6) is 11.5 Å². The molecule has 21 heteroatoms. The number of pyridine rings is 2. The van der Waals surface area contributed by atoms with Gasteiger partial charge in [-0.2, -0.15) is 10.2 Å². The molecule has 95 heavy (non-hydrogen) atoms. The maximum atomic E-state index is 13.4. The lowest BCUT2D eigenvalue weighted by atomic mass is 9.92. The molecule has 10 aromatic rings. The maximum Gasteiger partial charge on any atom is 0.324 e. The Hall–Kier alpha value is -10.6. The van der Waals surface area contributed by atoms with Crippen molar-refractivity contribution in [2.75, 3.05) is 58.7 Å². The van der Waals surface area contributed by atoms with Crippen molar-refractivity contribution in [3.05, 3.63) is 204 Å². The van der Waals surface area contributed by atoms with Gasteiger partial charge < -0.3 is 45.7 Å². The van der Waals surface area contributed by atoms with E-state index in [1.807, 2.05) is 166 Å². The van der Waals surface area contributed by atoms with E-state index in [1.54, 1.807) is 27.8 Å². The molecule has 5 amide bonds. The molecule has 4 aromatic heterocycles. The monoisotopic (exact) mass is 1280 g/mol. The first-order valence-corrected chi connectivity index (χ1v) is 31.8. The van der Waals surface area contributed by atoms with Gasteiger partial charge in [-0.15, -0.1) is 0 Å². The van der Waals surface area contributed by atoms with E-state index in [4.69, 9.17) is 40.0 Å². The molecule has 0 saturated carbocycles. The van der Waals surface area contributed by atoms with Crippen LogP contribution in [0, 0.1) is 25.7 Å². The zero-order valence-corrected chi connectivity index (χ0v) is 54.9. The lowest BCUT2D eigenvalue weighted by Crippen LogP contribution is -2.28. The third kappa shape index (κ3) is 17.9. The number of carbonyl (C=O) groups excluding carboxylic acids is 3. The van der Waals surface area contributed by atoms with Gasteiger partial charge >= 0.3 is 18.0 Å². The summed E-state index contributed by atoms with van der Waals surface area (Å²) in [5, 5.41) is 36.5. The van der Waals surface area contributed by atoms with E-state index in [0.717, 1.165) is 66.6 Å². The number of nitrogens with two attached hydrogens (primary N) is 1. The molecule has 0 atom stereocenters. The van der Waals surface area contributed by atoms with E-state index in [-0.39, 0.29) is 47.2 Å². The highest BCUT2D eigenvalue weighted by molar-refractivity contribution is 6.08. The minimum absolute atomic E-state index is 0.0359. The predicted molar refractivity (Wildman–Crippen MR) is 372 cm³/mol. The summed E-state index contributed by atoms with van der Waals surface area (Å²) in [4.78, 5) is 57.9. The zero-order chi connectivity index (χ0) is 67.2. The number of aliphatic carboxylic acids is 1. The third-order valence-corrected chi connectivity index (χ3v) is 16.1. The minimum Gasteiger partial charge on any atom is -0.488 e. The Balaban J connectivity index is 0.000000185. The number of nitrogen functional groups attached to an aromatic ring is 1. The minimum atomic E-state index is -0.682. The molecule has 6 aromatic carbocycles. The summed E-state index contributed by atoms with van der Waals surface area (Å²) in [6.45, 7) is 19.7. The van der Waals surface area contributed by atoms with Crippen LogP contribution >= 0.6 is 0 Å². The van der Waals surface area contributed by atoms with E-state index < -0.39 is 5.97 Å². The number of nitrogens with one attached hydrogen (secondary N) is 5. The lowest BCUT2D eigenvalue weighted by molar-refractivity contribution is -0.144. The number of anilines is 6. The summed E-state index contributed by atoms with van der Waals surface area (Å²) in [6, 6.07) is 49.4. The molecule has 492 valence electrons. The summed E-state index contributed by atoms with van der Waals surface area (Å²) in [5.41, 5.74) is 14.3. The molecular formula is C74H82N12O9. The van der Waals surface area contributed by atoms with Crippen LogP contribution in [0.25, 0.3) is 32.9 Å². The molecule has 0 unspecified atom stereocenters. The Morgan fingerprint density at radius 1 is 0.516 bits per heavy atom. The maximum absolute atomic E-state index is 13.4. The molecule has 0 aliphatic carbocycles. The van der Waals surface area contributed by atoms with Crippen molar-refractivity contribution in [2.45, 2.75) is 105 Å². The number of rotatable bonds is 15. The molecule has 0 radical (unpaired) electrons. The predicted octanol–water partition coefficient (Wildman–Crippen LogP) is 14.9. The topological polar surface area (TPSA) is 273 Å². The number of aryl methyl sites for hydroxylation is 2. The molecule has 2 aliphatic heterocycles. The number of aromatic nitrogens is 6. The van der Waals surface area contributed by atoms with Crippen LogP contribution < -0.4 is 41.8 Å². The van der Waals surface area contributed by atoms with Crippen molar-refractivity contribution >= 4 is 80.1 Å². The first-order valence-electron chi connectivity index (χ1n) is 31.8.